The van der Waals surface area contributed by atoms with Gasteiger partial charge in [0.25, 0.3) is 0 Å². The van der Waals surface area contributed by atoms with Crippen LogP contribution in [0.4, 0.5) is 5.69 Å². The Morgan fingerprint density at radius 1 is 1.43 bits per heavy atom. The fraction of sp³-hybridized carbons (Fsp3) is 0.455. The van der Waals surface area contributed by atoms with Gasteiger partial charge in [-0.05, 0) is 31.7 Å². The van der Waals surface area contributed by atoms with Crippen LogP contribution in [0.5, 0.6) is 0 Å². The highest BCUT2D eigenvalue weighted by atomic mass is 35.5. The largest absolute Gasteiger partial charge is 0.368 e. The molecule has 2 rings (SSSR count). The molecule has 76 valence electrons. The number of nitrogens with one attached hydrogen (secondary N) is 1. The molecule has 0 amide bonds. The van der Waals surface area contributed by atoms with Crippen molar-refractivity contribution in [3.05, 3.63) is 28.8 Å². The highest BCUT2D eigenvalue weighted by Crippen LogP contribution is 2.26. The van der Waals surface area contributed by atoms with Gasteiger partial charge in [0.2, 0.25) is 0 Å². The zero-order valence-corrected chi connectivity index (χ0v) is 9.30. The van der Waals surface area contributed by atoms with Gasteiger partial charge in [-0.25, -0.2) is 0 Å². The summed E-state index contributed by atoms with van der Waals surface area (Å²) in [6, 6.07) is 6.88. The van der Waals surface area contributed by atoms with Gasteiger partial charge >= 0.3 is 0 Å². The second-order valence-electron chi connectivity index (χ2n) is 3.82. The molecular formula is C11H15ClN2. The Balaban J connectivity index is 2.08. The third-order valence-electron chi connectivity index (χ3n) is 2.81. The highest BCUT2D eigenvalue weighted by Gasteiger charge is 2.25. The Morgan fingerprint density at radius 2 is 2.14 bits per heavy atom. The van der Waals surface area contributed by atoms with Crippen molar-refractivity contribution >= 4 is 17.3 Å². The van der Waals surface area contributed by atoms with Gasteiger partial charge in [-0.3, -0.25) is 0 Å². The maximum atomic E-state index is 6.07. The van der Waals surface area contributed by atoms with E-state index in [0.29, 0.717) is 6.04 Å². The number of hydrogen-bond donors (Lipinski definition) is 1. The fourth-order valence-corrected chi connectivity index (χ4v) is 1.83. The predicted octanol–water partition coefficient (Wildman–Crippen LogP) is 2.06. The second-order valence-corrected chi connectivity index (χ2v) is 4.23. The number of rotatable bonds is 2. The first kappa shape index (κ1) is 9.81. The molecule has 0 unspecified atom stereocenters. The Labute approximate surface area is 89.9 Å². The van der Waals surface area contributed by atoms with Crippen molar-refractivity contribution in [2.45, 2.75) is 13.0 Å². The van der Waals surface area contributed by atoms with E-state index >= 15 is 0 Å². The lowest BCUT2D eigenvalue weighted by Gasteiger charge is -2.41. The molecule has 0 radical (unpaired) electrons. The lowest BCUT2D eigenvalue weighted by Crippen LogP contribution is -2.57. The minimum absolute atomic E-state index is 0.634. The van der Waals surface area contributed by atoms with Crippen LogP contribution in [-0.2, 0) is 0 Å². The maximum absolute atomic E-state index is 6.07. The molecule has 3 heteroatoms. The molecule has 1 fully saturated rings. The molecule has 0 aromatic heterocycles. The van der Waals surface area contributed by atoms with Crippen LogP contribution in [-0.4, -0.2) is 26.2 Å². The molecule has 0 aliphatic carbocycles. The molecule has 0 atom stereocenters. The third-order valence-corrected chi connectivity index (χ3v) is 3.22. The molecule has 1 N–H and O–H groups in total. The normalized spacial score (nSPS) is 16.9. The monoisotopic (exact) mass is 210 g/mol. The summed E-state index contributed by atoms with van der Waals surface area (Å²) in [4.78, 5) is 2.33. The summed E-state index contributed by atoms with van der Waals surface area (Å²) < 4.78 is 0. The summed E-state index contributed by atoms with van der Waals surface area (Å²) in [5.74, 6) is 0. The average Bonchev–Trinajstić information content (AvgIpc) is 2.09. The van der Waals surface area contributed by atoms with Gasteiger partial charge in [-0.1, -0.05) is 17.7 Å². The molecule has 1 heterocycles. The quantitative estimate of drug-likeness (QED) is 0.804. The Morgan fingerprint density at radius 3 is 2.71 bits per heavy atom. The van der Waals surface area contributed by atoms with Crippen LogP contribution in [0.3, 0.4) is 0 Å². The second kappa shape index (κ2) is 3.79. The third kappa shape index (κ3) is 1.72. The lowest BCUT2D eigenvalue weighted by molar-refractivity contribution is 0.450. The van der Waals surface area contributed by atoms with Crippen molar-refractivity contribution in [3.63, 3.8) is 0 Å². The Hall–Kier alpha value is -0.730. The first-order chi connectivity index (χ1) is 6.70. The van der Waals surface area contributed by atoms with E-state index in [4.69, 9.17) is 11.6 Å². The van der Waals surface area contributed by atoms with Crippen LogP contribution in [0.2, 0.25) is 5.02 Å². The van der Waals surface area contributed by atoms with Crippen molar-refractivity contribution in [2.75, 3.05) is 25.0 Å². The zero-order chi connectivity index (χ0) is 10.1. The summed E-state index contributed by atoms with van der Waals surface area (Å²) in [5, 5.41) is 4.11. The Bertz CT molecular complexity index is 332. The molecule has 14 heavy (non-hydrogen) atoms. The molecule has 1 aliphatic rings. The minimum atomic E-state index is 0.634. The summed E-state index contributed by atoms with van der Waals surface area (Å²) in [6.07, 6.45) is 0. The van der Waals surface area contributed by atoms with Crippen molar-refractivity contribution < 1.29 is 0 Å². The van der Waals surface area contributed by atoms with Gasteiger partial charge in [0.15, 0.2) is 0 Å². The number of anilines is 1. The van der Waals surface area contributed by atoms with Gasteiger partial charge in [-0.2, -0.15) is 0 Å². The molecule has 0 saturated carbocycles. The molecule has 1 saturated heterocycles. The van der Waals surface area contributed by atoms with Crippen LogP contribution in [0.1, 0.15) is 5.56 Å². The van der Waals surface area contributed by atoms with E-state index in [-0.39, 0.29) is 0 Å². The molecular weight excluding hydrogens is 196 g/mol. The Kier molecular flexibility index (Phi) is 2.66. The van der Waals surface area contributed by atoms with E-state index in [0.717, 1.165) is 23.7 Å². The predicted molar refractivity (Wildman–Crippen MR) is 61.2 cm³/mol. The first-order valence-corrected chi connectivity index (χ1v) is 5.27. The summed E-state index contributed by atoms with van der Waals surface area (Å²) >= 11 is 6.07. The molecule has 1 aliphatic heterocycles. The van der Waals surface area contributed by atoms with E-state index in [1.807, 2.05) is 20.0 Å². The number of hydrogen-bond acceptors (Lipinski definition) is 2. The SMILES string of the molecule is CNC1CN(c2ccc(C)c(Cl)c2)C1. The number of nitrogens with zero attached hydrogens (tertiary/aromatic N) is 1. The lowest BCUT2D eigenvalue weighted by atomic mass is 10.1. The van der Waals surface area contributed by atoms with E-state index in [9.17, 15) is 0 Å². The van der Waals surface area contributed by atoms with Crippen molar-refractivity contribution in [1.29, 1.82) is 0 Å². The average molecular weight is 211 g/mol. The summed E-state index contributed by atoms with van der Waals surface area (Å²) in [7, 11) is 2.00. The molecule has 0 bridgehead atoms. The minimum Gasteiger partial charge on any atom is -0.368 e. The van der Waals surface area contributed by atoms with Crippen LogP contribution in [0, 0.1) is 6.92 Å². The zero-order valence-electron chi connectivity index (χ0n) is 8.55. The van der Waals surface area contributed by atoms with Crippen LogP contribution in [0.25, 0.3) is 0 Å². The van der Waals surface area contributed by atoms with Crippen molar-refractivity contribution in [1.82, 2.24) is 5.32 Å². The van der Waals surface area contributed by atoms with Gasteiger partial charge < -0.3 is 10.2 Å². The molecule has 0 spiro atoms. The van der Waals surface area contributed by atoms with Gasteiger partial charge in [0, 0.05) is 29.8 Å². The van der Waals surface area contributed by atoms with Gasteiger partial charge in [-0.15, -0.1) is 0 Å². The van der Waals surface area contributed by atoms with Crippen molar-refractivity contribution in [3.8, 4) is 0 Å². The fourth-order valence-electron chi connectivity index (χ4n) is 1.65. The van der Waals surface area contributed by atoms with E-state index < -0.39 is 0 Å². The number of halogens is 1. The topological polar surface area (TPSA) is 15.3 Å². The smallest absolute Gasteiger partial charge is 0.0455 e. The number of benzene rings is 1. The van der Waals surface area contributed by atoms with Gasteiger partial charge in [0.05, 0.1) is 0 Å². The summed E-state index contributed by atoms with van der Waals surface area (Å²) in [5.41, 5.74) is 2.37. The van der Waals surface area contributed by atoms with Crippen LogP contribution in [0.15, 0.2) is 18.2 Å². The molecule has 1 aromatic carbocycles. The van der Waals surface area contributed by atoms with E-state index in [2.05, 4.69) is 22.3 Å². The van der Waals surface area contributed by atoms with Crippen molar-refractivity contribution in [2.24, 2.45) is 0 Å². The molecule has 1 aromatic rings. The standard InChI is InChI=1S/C11H15ClN2/c1-8-3-4-10(5-11(8)12)14-6-9(7-14)13-2/h3-5,9,13H,6-7H2,1-2H3. The number of likely N-dealkylation sites (N-methyl/N-ethyl adjacent to an activating group) is 1. The van der Waals surface area contributed by atoms with E-state index in [1.165, 1.54) is 5.69 Å². The first-order valence-electron chi connectivity index (χ1n) is 4.89. The summed E-state index contributed by atoms with van der Waals surface area (Å²) in [6.45, 7) is 4.18. The number of aryl methyl sites for hydroxylation is 1. The molecule has 2 nitrogen and oxygen atoms in total. The van der Waals surface area contributed by atoms with Crippen LogP contribution < -0.4 is 10.2 Å². The maximum Gasteiger partial charge on any atom is 0.0455 e. The van der Waals surface area contributed by atoms with Crippen LogP contribution >= 0.6 is 11.6 Å². The highest BCUT2D eigenvalue weighted by molar-refractivity contribution is 6.31. The van der Waals surface area contributed by atoms with Gasteiger partial charge in [0.1, 0.15) is 0 Å². The van der Waals surface area contributed by atoms with E-state index in [1.54, 1.807) is 0 Å².